The van der Waals surface area contributed by atoms with Crippen molar-refractivity contribution in [3.05, 3.63) is 54.4 Å². The summed E-state index contributed by atoms with van der Waals surface area (Å²) in [4.78, 5) is 17.1. The first kappa shape index (κ1) is 15.7. The van der Waals surface area contributed by atoms with Gasteiger partial charge in [0, 0.05) is 25.5 Å². The molecule has 5 heteroatoms. The Kier molecular flexibility index (Phi) is 4.76. The number of carbonyl (C=O) groups excluding carboxylic acids is 1. The molecule has 1 aromatic carbocycles. The van der Waals surface area contributed by atoms with E-state index in [1.165, 1.54) is 0 Å². The molecule has 0 bridgehead atoms. The maximum absolute atomic E-state index is 13.1. The van der Waals surface area contributed by atoms with Crippen LogP contribution in [0.3, 0.4) is 0 Å². The van der Waals surface area contributed by atoms with Crippen molar-refractivity contribution in [1.82, 2.24) is 19.6 Å². The number of piperidine rings is 1. The van der Waals surface area contributed by atoms with Gasteiger partial charge in [0.25, 0.3) is 0 Å². The van der Waals surface area contributed by atoms with Crippen LogP contribution in [-0.2, 0) is 4.79 Å². The Morgan fingerprint density at radius 2 is 2.04 bits per heavy atom. The molecule has 0 radical (unpaired) electrons. The molecule has 1 fully saturated rings. The van der Waals surface area contributed by atoms with Gasteiger partial charge in [-0.15, -0.1) is 0 Å². The normalized spacial score (nSPS) is 19.8. The number of likely N-dealkylation sites (tertiary alicyclic amines) is 1. The number of hydrogen-bond donors (Lipinski definition) is 0. The quantitative estimate of drug-likeness (QED) is 0.870. The van der Waals surface area contributed by atoms with Crippen molar-refractivity contribution in [3.63, 3.8) is 0 Å². The lowest BCUT2D eigenvalue weighted by atomic mass is 10.0. The first-order valence-corrected chi connectivity index (χ1v) is 8.16. The van der Waals surface area contributed by atoms with Crippen LogP contribution in [0.5, 0.6) is 0 Å². The minimum absolute atomic E-state index is 0.179. The molecule has 1 amide bonds. The fourth-order valence-corrected chi connectivity index (χ4v) is 3.34. The lowest BCUT2D eigenvalue weighted by Gasteiger charge is -2.36. The zero-order valence-corrected chi connectivity index (χ0v) is 13.8. The van der Waals surface area contributed by atoms with Crippen molar-refractivity contribution in [2.24, 2.45) is 0 Å². The summed E-state index contributed by atoms with van der Waals surface area (Å²) in [7, 11) is 3.93. The number of rotatable bonds is 4. The van der Waals surface area contributed by atoms with Crippen molar-refractivity contribution in [3.8, 4) is 0 Å². The topological polar surface area (TPSA) is 41.4 Å². The molecule has 1 saturated heterocycles. The van der Waals surface area contributed by atoms with Gasteiger partial charge >= 0.3 is 0 Å². The van der Waals surface area contributed by atoms with Gasteiger partial charge in [-0.2, -0.15) is 5.10 Å². The van der Waals surface area contributed by atoms with Crippen LogP contribution in [0.4, 0.5) is 0 Å². The number of benzene rings is 1. The maximum atomic E-state index is 13.1. The van der Waals surface area contributed by atoms with E-state index in [1.54, 1.807) is 6.20 Å². The highest BCUT2D eigenvalue weighted by molar-refractivity contribution is 5.83. The maximum Gasteiger partial charge on any atom is 0.244 e. The Balaban J connectivity index is 1.77. The molecule has 1 aromatic heterocycles. The van der Waals surface area contributed by atoms with Crippen molar-refractivity contribution in [2.45, 2.75) is 24.9 Å². The van der Waals surface area contributed by atoms with Crippen LogP contribution in [0.1, 0.15) is 30.5 Å². The van der Waals surface area contributed by atoms with Crippen LogP contribution in [0.15, 0.2) is 48.8 Å². The molecule has 1 aliphatic rings. The Morgan fingerprint density at radius 1 is 1.26 bits per heavy atom. The number of carbonyl (C=O) groups is 1. The largest absolute Gasteiger partial charge is 0.339 e. The molecule has 122 valence electrons. The van der Waals surface area contributed by atoms with E-state index in [2.05, 4.69) is 5.10 Å². The predicted molar refractivity (Wildman–Crippen MR) is 89.9 cm³/mol. The monoisotopic (exact) mass is 312 g/mol. The molecule has 5 nitrogen and oxygen atoms in total. The zero-order chi connectivity index (χ0) is 16.2. The summed E-state index contributed by atoms with van der Waals surface area (Å²) in [5.74, 6) is 0.179. The second kappa shape index (κ2) is 6.96. The van der Waals surface area contributed by atoms with Crippen molar-refractivity contribution in [2.75, 3.05) is 27.2 Å². The van der Waals surface area contributed by atoms with E-state index < -0.39 is 0 Å². The number of aromatic nitrogens is 2. The standard InChI is InChI=1S/C18H24N4O/c1-20(2)17(15-8-4-3-5-9-15)18(23)21-12-6-10-16(14-21)22-13-7-11-19-22/h3-5,7-9,11,13,16-17H,6,10,12,14H2,1-2H3/t16-,17-/m0/s1. The lowest BCUT2D eigenvalue weighted by Crippen LogP contribution is -2.46. The summed E-state index contributed by atoms with van der Waals surface area (Å²) >= 11 is 0. The van der Waals surface area contributed by atoms with Crippen molar-refractivity contribution < 1.29 is 4.79 Å². The average Bonchev–Trinajstić information content (AvgIpc) is 3.10. The zero-order valence-electron chi connectivity index (χ0n) is 13.8. The summed E-state index contributed by atoms with van der Waals surface area (Å²) in [5.41, 5.74) is 1.05. The van der Waals surface area contributed by atoms with Crippen molar-refractivity contribution in [1.29, 1.82) is 0 Å². The number of amides is 1. The molecule has 2 aromatic rings. The summed E-state index contributed by atoms with van der Waals surface area (Å²) in [6.07, 6.45) is 5.88. The van der Waals surface area contributed by atoms with Gasteiger partial charge < -0.3 is 4.90 Å². The smallest absolute Gasteiger partial charge is 0.244 e. The van der Waals surface area contributed by atoms with E-state index in [0.717, 1.165) is 31.5 Å². The SMILES string of the molecule is CN(C)[C@H](C(=O)N1CCC[C@H](n2cccn2)C1)c1ccccc1. The van der Waals surface area contributed by atoms with Gasteiger partial charge in [-0.1, -0.05) is 30.3 Å². The molecule has 3 rings (SSSR count). The Labute approximate surface area is 137 Å². The highest BCUT2D eigenvalue weighted by Gasteiger charge is 2.31. The molecule has 2 heterocycles. The molecular formula is C18H24N4O. The summed E-state index contributed by atoms with van der Waals surface area (Å²) < 4.78 is 1.98. The van der Waals surface area contributed by atoms with Gasteiger partial charge in [-0.25, -0.2) is 0 Å². The second-order valence-electron chi connectivity index (χ2n) is 6.34. The molecule has 1 aliphatic heterocycles. The molecule has 0 saturated carbocycles. The third-order valence-corrected chi connectivity index (χ3v) is 4.47. The van der Waals surface area contributed by atoms with Gasteiger partial charge in [0.2, 0.25) is 5.91 Å². The molecule has 23 heavy (non-hydrogen) atoms. The van der Waals surface area contributed by atoms with Crippen LogP contribution in [0.2, 0.25) is 0 Å². The van der Waals surface area contributed by atoms with E-state index in [1.807, 2.05) is 71.2 Å². The Bertz CT molecular complexity index is 624. The van der Waals surface area contributed by atoms with Crippen LogP contribution in [0, 0.1) is 0 Å². The minimum atomic E-state index is -0.229. The number of likely N-dealkylation sites (N-methyl/N-ethyl adjacent to an activating group) is 1. The highest BCUT2D eigenvalue weighted by Crippen LogP contribution is 2.26. The number of nitrogens with zero attached hydrogens (tertiary/aromatic N) is 4. The van der Waals surface area contributed by atoms with Gasteiger partial charge in [0.05, 0.1) is 6.04 Å². The van der Waals surface area contributed by atoms with E-state index >= 15 is 0 Å². The van der Waals surface area contributed by atoms with E-state index in [4.69, 9.17) is 0 Å². The fourth-order valence-electron chi connectivity index (χ4n) is 3.34. The second-order valence-corrected chi connectivity index (χ2v) is 6.34. The van der Waals surface area contributed by atoms with Crippen LogP contribution >= 0.6 is 0 Å². The van der Waals surface area contributed by atoms with Crippen LogP contribution < -0.4 is 0 Å². The Morgan fingerprint density at radius 3 is 2.70 bits per heavy atom. The van der Waals surface area contributed by atoms with Gasteiger partial charge in [0.1, 0.15) is 6.04 Å². The molecule has 0 aliphatic carbocycles. The number of hydrogen-bond acceptors (Lipinski definition) is 3. The summed E-state index contributed by atoms with van der Waals surface area (Å²) in [5, 5.41) is 4.34. The average molecular weight is 312 g/mol. The van der Waals surface area contributed by atoms with Crippen LogP contribution in [0.25, 0.3) is 0 Å². The molecule has 0 unspecified atom stereocenters. The van der Waals surface area contributed by atoms with E-state index in [9.17, 15) is 4.79 Å². The summed E-state index contributed by atoms with van der Waals surface area (Å²) in [6.45, 7) is 1.56. The molecule has 0 spiro atoms. The molecular weight excluding hydrogens is 288 g/mol. The minimum Gasteiger partial charge on any atom is -0.339 e. The molecule has 0 N–H and O–H groups in total. The lowest BCUT2D eigenvalue weighted by molar-refractivity contribution is -0.138. The van der Waals surface area contributed by atoms with E-state index in [0.29, 0.717) is 0 Å². The van der Waals surface area contributed by atoms with Gasteiger partial charge in [-0.3, -0.25) is 14.4 Å². The summed E-state index contributed by atoms with van der Waals surface area (Å²) in [6, 6.07) is 12.0. The highest BCUT2D eigenvalue weighted by atomic mass is 16.2. The van der Waals surface area contributed by atoms with Gasteiger partial charge in [0.15, 0.2) is 0 Å². The fraction of sp³-hybridized carbons (Fsp3) is 0.444. The first-order valence-electron chi connectivity index (χ1n) is 8.16. The Hall–Kier alpha value is -2.14. The molecule has 2 atom stereocenters. The third kappa shape index (κ3) is 3.45. The van der Waals surface area contributed by atoms with Crippen molar-refractivity contribution >= 4 is 5.91 Å². The van der Waals surface area contributed by atoms with Crippen LogP contribution in [-0.4, -0.2) is 52.7 Å². The first-order chi connectivity index (χ1) is 11.2. The van der Waals surface area contributed by atoms with E-state index in [-0.39, 0.29) is 18.0 Å². The third-order valence-electron chi connectivity index (χ3n) is 4.47. The predicted octanol–water partition coefficient (Wildman–Crippen LogP) is 2.35. The van der Waals surface area contributed by atoms with Gasteiger partial charge in [-0.05, 0) is 38.6 Å².